The number of amides is 3. The van der Waals surface area contributed by atoms with Crippen LogP contribution in [-0.4, -0.2) is 65.2 Å². The molecule has 2 aliphatic rings. The van der Waals surface area contributed by atoms with Crippen LogP contribution in [0.25, 0.3) is 0 Å². The summed E-state index contributed by atoms with van der Waals surface area (Å²) in [5, 5.41) is 2.85. The molecule has 158 valence electrons. The number of nitrogens with zero attached hydrogens (tertiary/aromatic N) is 2. The predicted octanol–water partition coefficient (Wildman–Crippen LogP) is 2.92. The lowest BCUT2D eigenvalue weighted by atomic mass is 10.0. The summed E-state index contributed by atoms with van der Waals surface area (Å²) in [7, 11) is 0. The average Bonchev–Trinajstić information content (AvgIpc) is 3.21. The van der Waals surface area contributed by atoms with E-state index in [4.69, 9.17) is 0 Å². The van der Waals surface area contributed by atoms with Crippen molar-refractivity contribution >= 4 is 35.2 Å². The molecule has 6 nitrogen and oxygen atoms in total. The number of anilines is 1. The van der Waals surface area contributed by atoms with E-state index >= 15 is 0 Å². The minimum absolute atomic E-state index is 0.0428. The Labute approximate surface area is 177 Å². The minimum Gasteiger partial charge on any atom is -0.339 e. The molecule has 0 unspecified atom stereocenters. The second-order valence-corrected chi connectivity index (χ2v) is 9.01. The number of carbonyl (C=O) groups excluding carboxylic acids is 3. The first-order valence-corrected chi connectivity index (χ1v) is 11.7. The van der Waals surface area contributed by atoms with Gasteiger partial charge in [0.25, 0.3) is 0 Å². The molecule has 0 bridgehead atoms. The van der Waals surface area contributed by atoms with Gasteiger partial charge in [-0.1, -0.05) is 25.0 Å². The zero-order valence-corrected chi connectivity index (χ0v) is 18.0. The smallest absolute Gasteiger partial charge is 0.234 e. The van der Waals surface area contributed by atoms with Crippen molar-refractivity contribution in [3.05, 3.63) is 29.8 Å². The Balaban J connectivity index is 1.32. The molecule has 1 heterocycles. The molecule has 0 aromatic heterocycles. The maximum absolute atomic E-state index is 12.4. The van der Waals surface area contributed by atoms with E-state index in [1.165, 1.54) is 37.4 Å². The van der Waals surface area contributed by atoms with E-state index in [0.29, 0.717) is 38.5 Å². The Morgan fingerprint density at radius 3 is 2.31 bits per heavy atom. The third-order valence-corrected chi connectivity index (χ3v) is 6.60. The molecule has 1 saturated carbocycles. The maximum Gasteiger partial charge on any atom is 0.234 e. The van der Waals surface area contributed by atoms with Crippen LogP contribution in [0.3, 0.4) is 0 Å². The van der Waals surface area contributed by atoms with Crippen molar-refractivity contribution in [1.82, 2.24) is 9.80 Å². The summed E-state index contributed by atoms with van der Waals surface area (Å²) in [5.41, 5.74) is 1.87. The van der Waals surface area contributed by atoms with Gasteiger partial charge in [-0.3, -0.25) is 14.4 Å². The predicted molar refractivity (Wildman–Crippen MR) is 117 cm³/mol. The molecule has 2 fully saturated rings. The van der Waals surface area contributed by atoms with E-state index in [-0.39, 0.29) is 29.2 Å². The first-order chi connectivity index (χ1) is 14.0. The highest BCUT2D eigenvalue weighted by Crippen LogP contribution is 2.28. The van der Waals surface area contributed by atoms with Gasteiger partial charge >= 0.3 is 0 Å². The van der Waals surface area contributed by atoms with E-state index in [1.54, 1.807) is 0 Å². The molecule has 0 spiro atoms. The summed E-state index contributed by atoms with van der Waals surface area (Å²) < 4.78 is 0. The van der Waals surface area contributed by atoms with Gasteiger partial charge in [0.05, 0.1) is 11.5 Å². The highest BCUT2D eigenvalue weighted by molar-refractivity contribution is 8.00. The van der Waals surface area contributed by atoms with E-state index in [9.17, 15) is 14.4 Å². The lowest BCUT2D eigenvalue weighted by Gasteiger charge is -2.35. The first kappa shape index (κ1) is 21.7. The number of rotatable bonds is 7. The number of nitrogens with one attached hydrogen (secondary N) is 1. The number of aryl methyl sites for hydroxylation is 1. The quantitative estimate of drug-likeness (QED) is 0.741. The lowest BCUT2D eigenvalue weighted by molar-refractivity contribution is -0.138. The number of benzene rings is 1. The van der Waals surface area contributed by atoms with Crippen LogP contribution in [0.1, 0.15) is 37.7 Å². The highest BCUT2D eigenvalue weighted by atomic mass is 32.2. The lowest BCUT2D eigenvalue weighted by Crippen LogP contribution is -2.51. The van der Waals surface area contributed by atoms with Gasteiger partial charge in [-0.05, 0) is 43.4 Å². The van der Waals surface area contributed by atoms with Crippen LogP contribution >= 0.6 is 11.8 Å². The molecular formula is C22H31N3O3S. The summed E-state index contributed by atoms with van der Waals surface area (Å²) in [6, 6.07) is 7.65. The van der Waals surface area contributed by atoms with Gasteiger partial charge in [0.1, 0.15) is 0 Å². The van der Waals surface area contributed by atoms with Crippen molar-refractivity contribution in [1.29, 1.82) is 0 Å². The van der Waals surface area contributed by atoms with Crippen molar-refractivity contribution < 1.29 is 14.4 Å². The van der Waals surface area contributed by atoms with Crippen LogP contribution in [0.15, 0.2) is 24.3 Å². The van der Waals surface area contributed by atoms with Gasteiger partial charge in [0.2, 0.25) is 17.7 Å². The molecule has 1 aromatic carbocycles. The summed E-state index contributed by atoms with van der Waals surface area (Å²) in [4.78, 5) is 40.6. The van der Waals surface area contributed by atoms with Crippen LogP contribution in [0.2, 0.25) is 0 Å². The topological polar surface area (TPSA) is 69.7 Å². The standard InChI is InChI=1S/C22H31N3O3S/c1-17-5-4-8-19(13-17)23-20(26)15-29-16-22(28)25-11-9-24(10-12-25)21(27)14-18-6-2-3-7-18/h4-5,8,13,18H,2-3,6-7,9-12,14-16H2,1H3,(H,23,26). The molecule has 0 atom stereocenters. The van der Waals surface area contributed by atoms with Gasteiger partial charge in [-0.25, -0.2) is 0 Å². The third kappa shape index (κ3) is 6.77. The second-order valence-electron chi connectivity index (χ2n) is 8.03. The fourth-order valence-electron chi connectivity index (χ4n) is 4.04. The van der Waals surface area contributed by atoms with E-state index in [1.807, 2.05) is 41.0 Å². The molecule has 1 saturated heterocycles. The summed E-state index contributed by atoms with van der Waals surface area (Å²) >= 11 is 1.33. The van der Waals surface area contributed by atoms with Crippen molar-refractivity contribution in [3.8, 4) is 0 Å². The average molecular weight is 418 g/mol. The Morgan fingerprint density at radius 2 is 1.66 bits per heavy atom. The summed E-state index contributed by atoms with van der Waals surface area (Å²) in [6.45, 7) is 4.40. The van der Waals surface area contributed by atoms with Crippen LogP contribution in [-0.2, 0) is 14.4 Å². The summed E-state index contributed by atoms with van der Waals surface area (Å²) in [5.74, 6) is 1.28. The number of hydrogen-bond donors (Lipinski definition) is 1. The van der Waals surface area contributed by atoms with Gasteiger partial charge < -0.3 is 15.1 Å². The molecule has 1 aliphatic heterocycles. The van der Waals surface area contributed by atoms with Crippen LogP contribution in [0, 0.1) is 12.8 Å². The van der Waals surface area contributed by atoms with Gasteiger partial charge in [0, 0.05) is 38.3 Å². The van der Waals surface area contributed by atoms with Crippen molar-refractivity contribution in [2.24, 2.45) is 5.92 Å². The van der Waals surface area contributed by atoms with E-state index in [2.05, 4.69) is 5.32 Å². The number of thioether (sulfide) groups is 1. The number of hydrogen-bond acceptors (Lipinski definition) is 4. The fraction of sp³-hybridized carbons (Fsp3) is 0.591. The highest BCUT2D eigenvalue weighted by Gasteiger charge is 2.26. The second kappa shape index (κ2) is 10.7. The zero-order chi connectivity index (χ0) is 20.6. The molecule has 29 heavy (non-hydrogen) atoms. The molecule has 3 amide bonds. The Kier molecular flexibility index (Phi) is 7.98. The maximum atomic E-state index is 12.4. The zero-order valence-electron chi connectivity index (χ0n) is 17.2. The van der Waals surface area contributed by atoms with Crippen molar-refractivity contribution in [2.75, 3.05) is 43.0 Å². The van der Waals surface area contributed by atoms with Crippen LogP contribution in [0.4, 0.5) is 5.69 Å². The van der Waals surface area contributed by atoms with Crippen LogP contribution < -0.4 is 5.32 Å². The molecule has 3 rings (SSSR count). The Hall–Kier alpha value is -2.02. The molecule has 1 N–H and O–H groups in total. The van der Waals surface area contributed by atoms with E-state index < -0.39 is 0 Å². The van der Waals surface area contributed by atoms with Gasteiger partial charge in [-0.2, -0.15) is 0 Å². The molecule has 0 radical (unpaired) electrons. The van der Waals surface area contributed by atoms with Gasteiger partial charge in [-0.15, -0.1) is 11.8 Å². The van der Waals surface area contributed by atoms with Crippen molar-refractivity contribution in [3.63, 3.8) is 0 Å². The largest absolute Gasteiger partial charge is 0.339 e. The van der Waals surface area contributed by atoms with Crippen molar-refractivity contribution in [2.45, 2.75) is 39.0 Å². The minimum atomic E-state index is -0.101. The van der Waals surface area contributed by atoms with Crippen LogP contribution in [0.5, 0.6) is 0 Å². The Morgan fingerprint density at radius 1 is 1.00 bits per heavy atom. The normalized spacial score (nSPS) is 17.4. The monoisotopic (exact) mass is 417 g/mol. The number of carbonyl (C=O) groups is 3. The fourth-order valence-corrected chi connectivity index (χ4v) is 4.75. The molecular weight excluding hydrogens is 386 g/mol. The Bertz CT molecular complexity index is 726. The number of piperazine rings is 1. The SMILES string of the molecule is Cc1cccc(NC(=O)CSCC(=O)N2CCN(C(=O)CC3CCCC3)CC2)c1. The van der Waals surface area contributed by atoms with Gasteiger partial charge in [0.15, 0.2) is 0 Å². The first-order valence-electron chi connectivity index (χ1n) is 10.5. The molecule has 1 aromatic rings. The summed E-state index contributed by atoms with van der Waals surface area (Å²) in [6.07, 6.45) is 5.53. The third-order valence-electron chi connectivity index (χ3n) is 5.68. The van der Waals surface area contributed by atoms with E-state index in [0.717, 1.165) is 11.3 Å². The molecule has 1 aliphatic carbocycles. The molecule has 7 heteroatoms.